The molecule has 1 heterocycles. The lowest BCUT2D eigenvalue weighted by atomic mass is 9.96. The van der Waals surface area contributed by atoms with Crippen molar-refractivity contribution in [1.29, 1.82) is 0 Å². The molecule has 0 amide bonds. The van der Waals surface area contributed by atoms with E-state index >= 15 is 0 Å². The summed E-state index contributed by atoms with van der Waals surface area (Å²) in [4.78, 5) is 18.6. The number of carbonyl (C=O) groups is 1. The van der Waals surface area contributed by atoms with Crippen molar-refractivity contribution < 1.29 is 14.6 Å². The largest absolute Gasteiger partial charge is 0.485 e. The van der Waals surface area contributed by atoms with Gasteiger partial charge in [-0.1, -0.05) is 54.5 Å². The Kier molecular flexibility index (Phi) is 6.52. The molecule has 0 saturated carbocycles. The second-order valence-electron chi connectivity index (χ2n) is 7.59. The van der Waals surface area contributed by atoms with E-state index in [2.05, 4.69) is 40.0 Å². The molecule has 2 unspecified atom stereocenters. The first-order valence-electron chi connectivity index (χ1n) is 10.5. The molecule has 4 aromatic rings. The zero-order valence-corrected chi connectivity index (χ0v) is 17.8. The predicted molar refractivity (Wildman–Crippen MR) is 124 cm³/mol. The van der Waals surface area contributed by atoms with E-state index in [1.807, 2.05) is 54.6 Å². The molecular weight excluding hydrogens is 400 g/mol. The molecule has 160 valence electrons. The lowest BCUT2D eigenvalue weighted by Crippen LogP contribution is -2.11. The Labute approximate surface area is 187 Å². The molecular formula is C27H24N2O3. The summed E-state index contributed by atoms with van der Waals surface area (Å²) in [5.41, 5.74) is 4.98. The Hall–Kier alpha value is -4.04. The normalized spacial score (nSPS) is 12.5. The minimum absolute atomic E-state index is 0.0259. The topological polar surface area (TPSA) is 75.2 Å². The smallest absolute Gasteiger partial charge is 0.304 e. The third-order valence-corrected chi connectivity index (χ3v) is 5.34. The van der Waals surface area contributed by atoms with Crippen LogP contribution in [0.25, 0.3) is 11.0 Å². The van der Waals surface area contributed by atoms with Gasteiger partial charge in [-0.3, -0.25) is 4.79 Å². The predicted octanol–water partition coefficient (Wildman–Crippen LogP) is 5.51. The molecule has 5 heteroatoms. The summed E-state index contributed by atoms with van der Waals surface area (Å²) < 4.78 is 6.42. The summed E-state index contributed by atoms with van der Waals surface area (Å²) in [7, 11) is 0. The molecule has 5 nitrogen and oxygen atoms in total. The van der Waals surface area contributed by atoms with Gasteiger partial charge in [0, 0.05) is 6.42 Å². The van der Waals surface area contributed by atoms with Crippen LogP contribution >= 0.6 is 0 Å². The number of aromatic amines is 1. The molecule has 0 radical (unpaired) electrons. The van der Waals surface area contributed by atoms with E-state index in [4.69, 9.17) is 4.74 Å². The van der Waals surface area contributed by atoms with Crippen LogP contribution in [0.15, 0.2) is 79.1 Å². The fourth-order valence-corrected chi connectivity index (χ4v) is 3.75. The van der Waals surface area contributed by atoms with Crippen LogP contribution in [-0.2, 0) is 11.2 Å². The van der Waals surface area contributed by atoms with Gasteiger partial charge in [0.15, 0.2) is 0 Å². The zero-order chi connectivity index (χ0) is 22.3. The van der Waals surface area contributed by atoms with E-state index in [9.17, 15) is 9.90 Å². The minimum Gasteiger partial charge on any atom is -0.485 e. The Morgan fingerprint density at radius 3 is 2.53 bits per heavy atom. The standard InChI is InChI=1S/C27H24N2O3/c1-2-6-21(17-27(30)31)20-9-12-23(13-10-20)32-26(15-19-7-4-3-5-8-19)22-11-14-24-25(16-22)29-18-28-24/h3-5,7-14,16,18,21,26H,15,17H2,1H3,(H,28,29)(H,30,31). The van der Waals surface area contributed by atoms with Gasteiger partial charge in [0.05, 0.1) is 29.7 Å². The number of nitrogens with zero attached hydrogens (tertiary/aromatic N) is 1. The molecule has 3 aromatic carbocycles. The van der Waals surface area contributed by atoms with E-state index in [1.54, 1.807) is 13.3 Å². The number of ether oxygens (including phenoxy) is 1. The maximum atomic E-state index is 11.2. The van der Waals surface area contributed by atoms with Crippen molar-refractivity contribution in [3.63, 3.8) is 0 Å². The molecule has 2 atom stereocenters. The first-order valence-corrected chi connectivity index (χ1v) is 10.5. The summed E-state index contributed by atoms with van der Waals surface area (Å²) in [6, 6.07) is 23.9. The number of fused-ring (bicyclic) bond motifs is 1. The highest BCUT2D eigenvalue weighted by Gasteiger charge is 2.17. The molecule has 2 N–H and O–H groups in total. The summed E-state index contributed by atoms with van der Waals surface area (Å²) in [6.45, 7) is 1.72. The Morgan fingerprint density at radius 2 is 1.81 bits per heavy atom. The van der Waals surface area contributed by atoms with Crippen molar-refractivity contribution in [2.24, 2.45) is 0 Å². The van der Waals surface area contributed by atoms with Gasteiger partial charge in [-0.05, 0) is 47.9 Å². The SMILES string of the molecule is CC#CC(CC(=O)O)c1ccc(OC(Cc2ccccc2)c2ccc3nc[nH]c3c2)cc1. The van der Waals surface area contributed by atoms with Gasteiger partial charge >= 0.3 is 5.97 Å². The lowest BCUT2D eigenvalue weighted by Gasteiger charge is -2.20. The molecule has 32 heavy (non-hydrogen) atoms. The van der Waals surface area contributed by atoms with Crippen molar-refractivity contribution in [3.05, 3.63) is 95.8 Å². The minimum atomic E-state index is -0.866. The zero-order valence-electron chi connectivity index (χ0n) is 17.8. The Morgan fingerprint density at radius 1 is 1.06 bits per heavy atom. The number of imidazole rings is 1. The lowest BCUT2D eigenvalue weighted by molar-refractivity contribution is -0.137. The highest BCUT2D eigenvalue weighted by Crippen LogP contribution is 2.29. The fourth-order valence-electron chi connectivity index (χ4n) is 3.75. The molecule has 1 aromatic heterocycles. The average molecular weight is 425 g/mol. The van der Waals surface area contributed by atoms with Crippen LogP contribution < -0.4 is 4.74 Å². The van der Waals surface area contributed by atoms with E-state index in [1.165, 1.54) is 5.56 Å². The molecule has 0 aliphatic rings. The highest BCUT2D eigenvalue weighted by atomic mass is 16.5. The van der Waals surface area contributed by atoms with Gasteiger partial charge in [0.25, 0.3) is 0 Å². The van der Waals surface area contributed by atoms with E-state index in [0.717, 1.165) is 27.9 Å². The first kappa shape index (κ1) is 21.2. The Bertz CT molecular complexity index is 1250. The molecule has 0 aliphatic heterocycles. The van der Waals surface area contributed by atoms with Gasteiger partial charge in [0.2, 0.25) is 0 Å². The van der Waals surface area contributed by atoms with E-state index in [-0.39, 0.29) is 18.4 Å². The molecule has 0 bridgehead atoms. The summed E-state index contributed by atoms with van der Waals surface area (Å²) >= 11 is 0. The number of benzene rings is 3. The van der Waals surface area contributed by atoms with Crippen LogP contribution in [0.4, 0.5) is 0 Å². The summed E-state index contributed by atoms with van der Waals surface area (Å²) in [6.07, 6.45) is 2.18. The quantitative estimate of drug-likeness (QED) is 0.366. The number of aliphatic carboxylic acids is 1. The number of nitrogens with one attached hydrogen (secondary N) is 1. The average Bonchev–Trinajstić information content (AvgIpc) is 3.27. The third-order valence-electron chi connectivity index (χ3n) is 5.34. The van der Waals surface area contributed by atoms with Crippen molar-refractivity contribution in [2.45, 2.75) is 31.8 Å². The fraction of sp³-hybridized carbons (Fsp3) is 0.185. The van der Waals surface area contributed by atoms with Gasteiger partial charge in [-0.2, -0.15) is 0 Å². The van der Waals surface area contributed by atoms with Crippen LogP contribution in [0, 0.1) is 11.8 Å². The summed E-state index contributed by atoms with van der Waals surface area (Å²) in [5, 5.41) is 9.17. The Balaban J connectivity index is 1.60. The second-order valence-corrected chi connectivity index (χ2v) is 7.59. The summed E-state index contributed by atoms with van der Waals surface area (Å²) in [5.74, 6) is 5.33. The number of aromatic nitrogens is 2. The first-order chi connectivity index (χ1) is 15.6. The number of rotatable bonds is 8. The van der Waals surface area contributed by atoms with E-state index in [0.29, 0.717) is 6.42 Å². The van der Waals surface area contributed by atoms with Gasteiger partial charge in [0.1, 0.15) is 11.9 Å². The number of carboxylic acid groups (broad SMARTS) is 1. The molecule has 0 fully saturated rings. The van der Waals surface area contributed by atoms with Crippen LogP contribution in [0.3, 0.4) is 0 Å². The van der Waals surface area contributed by atoms with E-state index < -0.39 is 5.97 Å². The maximum Gasteiger partial charge on any atom is 0.304 e. The van der Waals surface area contributed by atoms with Crippen LogP contribution in [0.5, 0.6) is 5.75 Å². The number of hydrogen-bond donors (Lipinski definition) is 2. The third kappa shape index (κ3) is 5.16. The number of carboxylic acids is 1. The second kappa shape index (κ2) is 9.84. The van der Waals surface area contributed by atoms with Crippen LogP contribution in [0.1, 0.15) is 42.1 Å². The van der Waals surface area contributed by atoms with Crippen molar-refractivity contribution in [3.8, 4) is 17.6 Å². The van der Waals surface area contributed by atoms with Crippen molar-refractivity contribution >= 4 is 17.0 Å². The van der Waals surface area contributed by atoms with Crippen LogP contribution in [-0.4, -0.2) is 21.0 Å². The van der Waals surface area contributed by atoms with Gasteiger partial charge in [-0.25, -0.2) is 4.98 Å². The van der Waals surface area contributed by atoms with Crippen LogP contribution in [0.2, 0.25) is 0 Å². The monoisotopic (exact) mass is 424 g/mol. The van der Waals surface area contributed by atoms with Crippen molar-refractivity contribution in [2.75, 3.05) is 0 Å². The van der Waals surface area contributed by atoms with Gasteiger partial charge < -0.3 is 14.8 Å². The molecule has 0 aliphatic carbocycles. The maximum absolute atomic E-state index is 11.2. The highest BCUT2D eigenvalue weighted by molar-refractivity contribution is 5.75. The number of hydrogen-bond acceptors (Lipinski definition) is 3. The molecule has 0 saturated heterocycles. The van der Waals surface area contributed by atoms with Gasteiger partial charge in [-0.15, -0.1) is 5.92 Å². The van der Waals surface area contributed by atoms with Crippen molar-refractivity contribution in [1.82, 2.24) is 9.97 Å². The molecule has 0 spiro atoms. The number of H-pyrrole nitrogens is 1. The molecule has 4 rings (SSSR count).